The van der Waals surface area contributed by atoms with Crippen LogP contribution in [-0.2, 0) is 9.59 Å². The molecule has 0 saturated carbocycles. The fraction of sp³-hybridized carbons (Fsp3) is 0.231. The first-order valence-electron chi connectivity index (χ1n) is 6.13. The molecule has 22 heavy (non-hydrogen) atoms. The molecule has 0 radical (unpaired) electrons. The second kappa shape index (κ2) is 7.18. The number of carbonyl (C=O) groups is 2. The zero-order valence-electron chi connectivity index (χ0n) is 11.3. The van der Waals surface area contributed by atoms with Crippen molar-refractivity contribution in [3.8, 4) is 0 Å². The Bertz CT molecular complexity index is 670. The lowest BCUT2D eigenvalue weighted by Crippen LogP contribution is -2.26. The Kier molecular flexibility index (Phi) is 5.51. The van der Waals surface area contributed by atoms with Gasteiger partial charge in [-0.1, -0.05) is 11.8 Å². The maximum atomic E-state index is 13.6. The van der Waals surface area contributed by atoms with E-state index in [0.29, 0.717) is 11.1 Å². The van der Waals surface area contributed by atoms with Crippen LogP contribution in [0, 0.1) is 16.3 Å². The molecule has 0 aliphatic carbocycles. The van der Waals surface area contributed by atoms with E-state index >= 15 is 0 Å². The van der Waals surface area contributed by atoms with Gasteiger partial charge in [0.1, 0.15) is 11.1 Å². The number of rotatable bonds is 4. The Hall–Kier alpha value is -1.49. The number of amides is 1. The van der Waals surface area contributed by atoms with Crippen molar-refractivity contribution in [2.24, 2.45) is 10.2 Å². The van der Waals surface area contributed by atoms with Crippen molar-refractivity contribution in [2.75, 3.05) is 0 Å². The van der Waals surface area contributed by atoms with Gasteiger partial charge in [0.05, 0.1) is 12.6 Å². The standard InChI is InChI=1S/C13H11FIN3O3S/c1-6-8(14)2-7(3-9(6)15)5-16-18-13-17-12(21)10(22-13)4-11(19)20/h2-3,5,10H,4H2,1H3,(H,19,20)(H,17,18,21). The van der Waals surface area contributed by atoms with Crippen LogP contribution >= 0.6 is 34.4 Å². The fourth-order valence-electron chi connectivity index (χ4n) is 1.63. The third-order valence-electron chi connectivity index (χ3n) is 2.80. The largest absolute Gasteiger partial charge is 0.481 e. The van der Waals surface area contributed by atoms with Gasteiger partial charge in [-0.3, -0.25) is 9.59 Å². The summed E-state index contributed by atoms with van der Waals surface area (Å²) in [7, 11) is 0. The highest BCUT2D eigenvalue weighted by molar-refractivity contribution is 14.1. The van der Waals surface area contributed by atoms with Gasteiger partial charge in [-0.25, -0.2) is 4.39 Å². The first-order valence-corrected chi connectivity index (χ1v) is 8.08. The van der Waals surface area contributed by atoms with Crippen LogP contribution in [0.15, 0.2) is 22.3 Å². The monoisotopic (exact) mass is 435 g/mol. The lowest BCUT2D eigenvalue weighted by atomic mass is 10.1. The number of carboxylic acids is 1. The van der Waals surface area contributed by atoms with Gasteiger partial charge in [-0.15, -0.1) is 5.10 Å². The molecule has 1 saturated heterocycles. The van der Waals surface area contributed by atoms with E-state index in [1.54, 1.807) is 13.0 Å². The summed E-state index contributed by atoms with van der Waals surface area (Å²) in [6.07, 6.45) is 1.09. The van der Waals surface area contributed by atoms with E-state index in [2.05, 4.69) is 15.5 Å². The molecule has 9 heteroatoms. The van der Waals surface area contributed by atoms with Crippen LogP contribution in [0.4, 0.5) is 4.39 Å². The van der Waals surface area contributed by atoms with Crippen LogP contribution in [0.2, 0.25) is 0 Å². The van der Waals surface area contributed by atoms with Gasteiger partial charge in [0.2, 0.25) is 5.91 Å². The number of carbonyl (C=O) groups excluding carboxylic acids is 1. The summed E-state index contributed by atoms with van der Waals surface area (Å²) in [6.45, 7) is 1.69. The maximum absolute atomic E-state index is 13.6. The maximum Gasteiger partial charge on any atom is 0.305 e. The minimum absolute atomic E-state index is 0.231. The molecule has 1 aromatic rings. The van der Waals surface area contributed by atoms with E-state index in [0.717, 1.165) is 15.3 Å². The molecule has 0 aromatic heterocycles. The molecule has 0 spiro atoms. The number of hydrogen-bond donors (Lipinski definition) is 2. The minimum Gasteiger partial charge on any atom is -0.481 e. The fourth-order valence-corrected chi connectivity index (χ4v) is 3.16. The molecule has 1 aliphatic rings. The summed E-state index contributed by atoms with van der Waals surface area (Å²) in [5, 5.41) is 18.3. The first kappa shape index (κ1) is 16.9. The van der Waals surface area contributed by atoms with Crippen molar-refractivity contribution < 1.29 is 19.1 Å². The predicted molar refractivity (Wildman–Crippen MR) is 90.7 cm³/mol. The number of carboxylic acid groups (broad SMARTS) is 1. The number of hydrogen-bond acceptors (Lipinski definition) is 5. The number of thioether (sulfide) groups is 1. The molecular weight excluding hydrogens is 424 g/mol. The van der Waals surface area contributed by atoms with Crippen LogP contribution in [-0.4, -0.2) is 33.6 Å². The third-order valence-corrected chi connectivity index (χ3v) is 4.99. The van der Waals surface area contributed by atoms with Crippen molar-refractivity contribution in [1.29, 1.82) is 0 Å². The van der Waals surface area contributed by atoms with Crippen LogP contribution in [0.5, 0.6) is 0 Å². The zero-order valence-corrected chi connectivity index (χ0v) is 14.3. The Morgan fingerprint density at radius 2 is 2.32 bits per heavy atom. The number of benzene rings is 1. The van der Waals surface area contributed by atoms with Crippen LogP contribution < -0.4 is 5.32 Å². The minimum atomic E-state index is -1.05. The molecular formula is C13H11FIN3O3S. The molecule has 1 unspecified atom stereocenters. The molecule has 1 heterocycles. The topological polar surface area (TPSA) is 91.1 Å². The molecule has 2 N–H and O–H groups in total. The summed E-state index contributed by atoms with van der Waals surface area (Å²) >= 11 is 3.04. The lowest BCUT2D eigenvalue weighted by Gasteiger charge is -2.01. The average molecular weight is 435 g/mol. The number of amidine groups is 1. The number of nitrogens with zero attached hydrogens (tertiary/aromatic N) is 2. The SMILES string of the molecule is Cc1c(F)cc(C=NN=C2NC(=O)C(CC(=O)O)S2)cc1I. The van der Waals surface area contributed by atoms with Gasteiger partial charge in [0, 0.05) is 3.57 Å². The van der Waals surface area contributed by atoms with Crippen molar-refractivity contribution >= 4 is 57.6 Å². The van der Waals surface area contributed by atoms with Crippen LogP contribution in [0.3, 0.4) is 0 Å². The number of aliphatic carboxylic acids is 1. The molecule has 1 amide bonds. The second-order valence-electron chi connectivity index (χ2n) is 4.45. The summed E-state index contributed by atoms with van der Waals surface area (Å²) in [5.41, 5.74) is 1.12. The number of halogens is 2. The van der Waals surface area contributed by atoms with E-state index in [1.807, 2.05) is 22.6 Å². The third kappa shape index (κ3) is 4.26. The second-order valence-corrected chi connectivity index (χ2v) is 6.81. The first-order chi connectivity index (χ1) is 10.4. The van der Waals surface area contributed by atoms with E-state index in [-0.39, 0.29) is 17.4 Å². The predicted octanol–water partition coefficient (Wildman–Crippen LogP) is 2.13. The molecule has 1 aromatic carbocycles. The molecule has 6 nitrogen and oxygen atoms in total. The molecule has 1 fully saturated rings. The Labute approximate surface area is 143 Å². The Balaban J connectivity index is 2.06. The lowest BCUT2D eigenvalue weighted by molar-refractivity contribution is -0.138. The summed E-state index contributed by atoms with van der Waals surface area (Å²) in [4.78, 5) is 22.1. The Morgan fingerprint density at radius 1 is 1.59 bits per heavy atom. The number of nitrogens with one attached hydrogen (secondary N) is 1. The smallest absolute Gasteiger partial charge is 0.305 e. The van der Waals surface area contributed by atoms with Crippen molar-refractivity contribution in [3.05, 3.63) is 32.6 Å². The van der Waals surface area contributed by atoms with Gasteiger partial charge in [-0.05, 0) is 52.8 Å². The van der Waals surface area contributed by atoms with Crippen LogP contribution in [0.1, 0.15) is 17.5 Å². The van der Waals surface area contributed by atoms with Crippen molar-refractivity contribution in [2.45, 2.75) is 18.6 Å². The van der Waals surface area contributed by atoms with Crippen molar-refractivity contribution in [3.63, 3.8) is 0 Å². The average Bonchev–Trinajstić information content (AvgIpc) is 2.75. The van der Waals surface area contributed by atoms with Gasteiger partial charge >= 0.3 is 5.97 Å². The molecule has 116 valence electrons. The summed E-state index contributed by atoms with van der Waals surface area (Å²) in [6, 6.07) is 3.10. The zero-order chi connectivity index (χ0) is 16.3. The Morgan fingerprint density at radius 3 is 2.95 bits per heavy atom. The summed E-state index contributed by atoms with van der Waals surface area (Å²) in [5.74, 6) is -1.79. The van der Waals surface area contributed by atoms with Gasteiger partial charge < -0.3 is 10.4 Å². The van der Waals surface area contributed by atoms with E-state index < -0.39 is 17.1 Å². The summed E-state index contributed by atoms with van der Waals surface area (Å²) < 4.78 is 14.3. The van der Waals surface area contributed by atoms with E-state index in [4.69, 9.17) is 5.11 Å². The highest BCUT2D eigenvalue weighted by Crippen LogP contribution is 2.22. The van der Waals surface area contributed by atoms with E-state index in [9.17, 15) is 14.0 Å². The molecule has 0 bridgehead atoms. The highest BCUT2D eigenvalue weighted by atomic mass is 127. The molecule has 2 rings (SSSR count). The van der Waals surface area contributed by atoms with Gasteiger partial charge in [0.25, 0.3) is 0 Å². The van der Waals surface area contributed by atoms with Gasteiger partial charge in [0.15, 0.2) is 5.17 Å². The molecule has 1 atom stereocenters. The van der Waals surface area contributed by atoms with E-state index in [1.165, 1.54) is 12.3 Å². The van der Waals surface area contributed by atoms with Gasteiger partial charge in [-0.2, -0.15) is 5.10 Å². The quantitative estimate of drug-likeness (QED) is 0.431. The van der Waals surface area contributed by atoms with Crippen LogP contribution in [0.25, 0.3) is 0 Å². The highest BCUT2D eigenvalue weighted by Gasteiger charge is 2.32. The van der Waals surface area contributed by atoms with Crippen molar-refractivity contribution in [1.82, 2.24) is 5.32 Å². The molecule has 1 aliphatic heterocycles. The normalized spacial score (nSPS) is 19.9.